The fourth-order valence-corrected chi connectivity index (χ4v) is 4.33. The summed E-state index contributed by atoms with van der Waals surface area (Å²) in [6.45, 7) is 4.31. The number of hydrogen-bond acceptors (Lipinski definition) is 4. The first-order chi connectivity index (χ1) is 12.5. The van der Waals surface area contributed by atoms with E-state index in [2.05, 4.69) is 16.1 Å². The van der Waals surface area contributed by atoms with E-state index < -0.39 is 10.0 Å². The van der Waals surface area contributed by atoms with Crippen LogP contribution in [0.2, 0.25) is 5.02 Å². The lowest BCUT2D eigenvalue weighted by atomic mass is 10.0. The lowest BCUT2D eigenvalue weighted by molar-refractivity contribution is 0.303. The average molecular weight is 395 g/mol. The summed E-state index contributed by atoms with van der Waals surface area (Å²) in [5, 5.41) is 3.99. The van der Waals surface area contributed by atoms with Crippen LogP contribution in [0.15, 0.2) is 41.3 Å². The van der Waals surface area contributed by atoms with E-state index in [0.717, 1.165) is 42.8 Å². The van der Waals surface area contributed by atoms with Crippen LogP contribution in [-0.4, -0.2) is 28.1 Å². The first kappa shape index (κ1) is 19.2. The minimum Gasteiger partial charge on any atom is -0.487 e. The molecule has 3 rings (SSSR count). The molecule has 140 valence electrons. The van der Waals surface area contributed by atoms with Crippen LogP contribution < -0.4 is 14.8 Å². The lowest BCUT2D eigenvalue weighted by Gasteiger charge is -2.15. The minimum atomic E-state index is -3.44. The number of ether oxygens (including phenoxy) is 1. The fraction of sp³-hybridized carbons (Fsp3) is 0.368. The van der Waals surface area contributed by atoms with Gasteiger partial charge in [0.2, 0.25) is 10.0 Å². The van der Waals surface area contributed by atoms with Gasteiger partial charge in [0.05, 0.1) is 9.92 Å². The standard InChI is InChI=1S/C19H23ClN2O3S/c1-2-22-26(23,24)16-6-3-14(4-7-16)13-25-19-17-10-12-21-11-9-15(17)5-8-18(19)20/h3-8,21-22H,2,9-13H2,1H3. The molecule has 0 unspecified atom stereocenters. The third-order valence-corrected chi connectivity index (χ3v) is 6.24. The van der Waals surface area contributed by atoms with Crippen molar-refractivity contribution in [3.05, 3.63) is 58.1 Å². The molecule has 0 amide bonds. The molecule has 0 saturated carbocycles. The molecule has 0 bridgehead atoms. The molecule has 0 saturated heterocycles. The molecule has 5 nitrogen and oxygen atoms in total. The predicted molar refractivity (Wildman–Crippen MR) is 103 cm³/mol. The number of fused-ring (bicyclic) bond motifs is 1. The molecule has 0 spiro atoms. The third kappa shape index (κ3) is 4.38. The topological polar surface area (TPSA) is 67.4 Å². The van der Waals surface area contributed by atoms with E-state index in [-0.39, 0.29) is 4.90 Å². The van der Waals surface area contributed by atoms with Gasteiger partial charge in [-0.2, -0.15) is 0 Å². The monoisotopic (exact) mass is 394 g/mol. The first-order valence-corrected chi connectivity index (χ1v) is 10.6. The van der Waals surface area contributed by atoms with Gasteiger partial charge < -0.3 is 10.1 Å². The van der Waals surface area contributed by atoms with Crippen molar-refractivity contribution in [3.63, 3.8) is 0 Å². The Bertz CT molecular complexity index is 867. The van der Waals surface area contributed by atoms with Gasteiger partial charge in [-0.25, -0.2) is 13.1 Å². The molecular formula is C19H23ClN2O3S. The largest absolute Gasteiger partial charge is 0.487 e. The molecule has 0 aliphatic carbocycles. The van der Waals surface area contributed by atoms with E-state index in [0.29, 0.717) is 18.2 Å². The van der Waals surface area contributed by atoms with Crippen molar-refractivity contribution in [2.75, 3.05) is 19.6 Å². The Hall–Kier alpha value is -1.60. The van der Waals surface area contributed by atoms with Crippen molar-refractivity contribution >= 4 is 21.6 Å². The lowest BCUT2D eigenvalue weighted by Crippen LogP contribution is -2.23. The van der Waals surface area contributed by atoms with E-state index >= 15 is 0 Å². The van der Waals surface area contributed by atoms with Crippen molar-refractivity contribution in [1.82, 2.24) is 10.0 Å². The molecule has 7 heteroatoms. The Labute approximate surface area is 159 Å². The zero-order valence-electron chi connectivity index (χ0n) is 14.7. The molecule has 1 aliphatic heterocycles. The molecule has 0 aromatic heterocycles. The van der Waals surface area contributed by atoms with Gasteiger partial charge in [-0.15, -0.1) is 0 Å². The summed E-state index contributed by atoms with van der Waals surface area (Å²) in [5.74, 6) is 0.734. The fourth-order valence-electron chi connectivity index (χ4n) is 3.06. The zero-order chi connectivity index (χ0) is 18.6. The molecular weight excluding hydrogens is 372 g/mol. The number of nitrogens with one attached hydrogen (secondary N) is 2. The van der Waals surface area contributed by atoms with Crippen LogP contribution in [0.25, 0.3) is 0 Å². The van der Waals surface area contributed by atoms with Crippen LogP contribution in [0.1, 0.15) is 23.6 Å². The SMILES string of the molecule is CCNS(=O)(=O)c1ccc(COc2c(Cl)ccc3c2CCNCC3)cc1. The second kappa shape index (κ2) is 8.39. The van der Waals surface area contributed by atoms with Gasteiger partial charge >= 0.3 is 0 Å². The van der Waals surface area contributed by atoms with Crippen LogP contribution >= 0.6 is 11.6 Å². The second-order valence-electron chi connectivity index (χ2n) is 6.20. The van der Waals surface area contributed by atoms with Crippen LogP contribution in [0, 0.1) is 0 Å². The van der Waals surface area contributed by atoms with Crippen molar-refractivity contribution in [2.45, 2.75) is 31.3 Å². The molecule has 0 radical (unpaired) electrons. The van der Waals surface area contributed by atoms with E-state index in [1.54, 1.807) is 31.2 Å². The number of rotatable bonds is 6. The highest BCUT2D eigenvalue weighted by Gasteiger charge is 2.16. The summed E-state index contributed by atoms with van der Waals surface area (Å²) >= 11 is 6.37. The summed E-state index contributed by atoms with van der Waals surface area (Å²) in [4.78, 5) is 0.251. The quantitative estimate of drug-likeness (QED) is 0.790. The molecule has 2 N–H and O–H groups in total. The summed E-state index contributed by atoms with van der Waals surface area (Å²) in [6.07, 6.45) is 1.84. The molecule has 1 aliphatic rings. The maximum absolute atomic E-state index is 12.0. The highest BCUT2D eigenvalue weighted by atomic mass is 35.5. The minimum absolute atomic E-state index is 0.251. The van der Waals surface area contributed by atoms with Crippen LogP contribution in [0.3, 0.4) is 0 Å². The van der Waals surface area contributed by atoms with Gasteiger partial charge in [-0.1, -0.05) is 36.7 Å². The normalized spacial score (nSPS) is 14.5. The Morgan fingerprint density at radius 3 is 2.58 bits per heavy atom. The summed E-state index contributed by atoms with van der Waals surface area (Å²) in [6, 6.07) is 10.7. The number of hydrogen-bond donors (Lipinski definition) is 2. The van der Waals surface area contributed by atoms with Crippen molar-refractivity contribution < 1.29 is 13.2 Å². The zero-order valence-corrected chi connectivity index (χ0v) is 16.3. The Morgan fingerprint density at radius 1 is 1.12 bits per heavy atom. The van der Waals surface area contributed by atoms with Crippen LogP contribution in [0.5, 0.6) is 5.75 Å². The number of sulfonamides is 1. The average Bonchev–Trinajstić information content (AvgIpc) is 2.87. The van der Waals surface area contributed by atoms with Gasteiger partial charge in [0, 0.05) is 12.1 Å². The molecule has 1 heterocycles. The summed E-state index contributed by atoms with van der Waals surface area (Å²) in [5.41, 5.74) is 3.32. The molecule has 26 heavy (non-hydrogen) atoms. The van der Waals surface area contributed by atoms with E-state index in [1.807, 2.05) is 6.07 Å². The Balaban J connectivity index is 1.76. The molecule has 2 aromatic carbocycles. The van der Waals surface area contributed by atoms with Crippen LogP contribution in [0.4, 0.5) is 0 Å². The Morgan fingerprint density at radius 2 is 1.85 bits per heavy atom. The van der Waals surface area contributed by atoms with Crippen molar-refractivity contribution in [2.24, 2.45) is 0 Å². The van der Waals surface area contributed by atoms with Gasteiger partial charge in [0.25, 0.3) is 0 Å². The van der Waals surface area contributed by atoms with Crippen molar-refractivity contribution in [3.8, 4) is 5.75 Å². The Kier molecular flexibility index (Phi) is 6.19. The highest BCUT2D eigenvalue weighted by molar-refractivity contribution is 7.89. The maximum Gasteiger partial charge on any atom is 0.240 e. The maximum atomic E-state index is 12.0. The van der Waals surface area contributed by atoms with Gasteiger partial charge in [0.15, 0.2) is 0 Å². The molecule has 2 aromatic rings. The van der Waals surface area contributed by atoms with Crippen LogP contribution in [-0.2, 0) is 29.5 Å². The highest BCUT2D eigenvalue weighted by Crippen LogP contribution is 2.33. The van der Waals surface area contributed by atoms with Gasteiger partial charge in [0.1, 0.15) is 12.4 Å². The van der Waals surface area contributed by atoms with Crippen molar-refractivity contribution in [1.29, 1.82) is 0 Å². The number of benzene rings is 2. The molecule has 0 fully saturated rings. The van der Waals surface area contributed by atoms with Gasteiger partial charge in [-0.05, 0) is 55.3 Å². The van der Waals surface area contributed by atoms with E-state index in [9.17, 15) is 8.42 Å². The third-order valence-electron chi connectivity index (χ3n) is 4.38. The first-order valence-electron chi connectivity index (χ1n) is 8.73. The van der Waals surface area contributed by atoms with Gasteiger partial charge in [-0.3, -0.25) is 0 Å². The molecule has 0 atom stereocenters. The smallest absolute Gasteiger partial charge is 0.240 e. The number of halogens is 1. The van der Waals surface area contributed by atoms with E-state index in [1.165, 1.54) is 5.56 Å². The van der Waals surface area contributed by atoms with E-state index in [4.69, 9.17) is 16.3 Å². The summed E-state index contributed by atoms with van der Waals surface area (Å²) in [7, 11) is -3.44. The summed E-state index contributed by atoms with van der Waals surface area (Å²) < 4.78 is 32.5. The second-order valence-corrected chi connectivity index (χ2v) is 8.37. The predicted octanol–water partition coefficient (Wildman–Crippen LogP) is 2.91.